The van der Waals surface area contributed by atoms with Crippen LogP contribution in [0, 0.1) is 5.82 Å². The van der Waals surface area contributed by atoms with Gasteiger partial charge in [0.05, 0.1) is 0 Å². The molecule has 0 saturated heterocycles. The Bertz CT molecular complexity index is 537. The van der Waals surface area contributed by atoms with Crippen molar-refractivity contribution in [1.82, 2.24) is 4.98 Å². The molecule has 0 spiro atoms. The standard InChI is InChI=1S/C13H10FNO/c1-9(16)11-5-12(8-15-7-11)10-3-2-4-13(14)6-10/h2-8H,1H3. The van der Waals surface area contributed by atoms with Crippen LogP contribution in [-0.4, -0.2) is 10.8 Å². The molecule has 0 fully saturated rings. The summed E-state index contributed by atoms with van der Waals surface area (Å²) >= 11 is 0. The number of ketones is 1. The highest BCUT2D eigenvalue weighted by Gasteiger charge is 2.04. The first-order valence-electron chi connectivity index (χ1n) is 4.89. The summed E-state index contributed by atoms with van der Waals surface area (Å²) in [6.07, 6.45) is 3.12. The Labute approximate surface area is 92.8 Å². The van der Waals surface area contributed by atoms with Crippen molar-refractivity contribution in [2.45, 2.75) is 6.92 Å². The molecule has 0 unspecified atom stereocenters. The first kappa shape index (κ1) is 10.5. The normalized spacial score (nSPS) is 10.1. The largest absolute Gasteiger partial charge is 0.294 e. The molecule has 1 aromatic heterocycles. The predicted molar refractivity (Wildman–Crippen MR) is 59.6 cm³/mol. The molecule has 80 valence electrons. The van der Waals surface area contributed by atoms with E-state index in [4.69, 9.17) is 0 Å². The van der Waals surface area contributed by atoms with Crippen LogP contribution in [0.2, 0.25) is 0 Å². The van der Waals surface area contributed by atoms with E-state index in [1.165, 1.54) is 25.3 Å². The zero-order valence-electron chi connectivity index (χ0n) is 8.77. The molecule has 0 saturated carbocycles. The summed E-state index contributed by atoms with van der Waals surface area (Å²) in [4.78, 5) is 15.2. The molecule has 2 nitrogen and oxygen atoms in total. The van der Waals surface area contributed by atoms with Gasteiger partial charge in [0.1, 0.15) is 5.82 Å². The van der Waals surface area contributed by atoms with E-state index in [0.29, 0.717) is 5.56 Å². The lowest BCUT2D eigenvalue weighted by Crippen LogP contribution is -1.93. The number of aromatic nitrogens is 1. The summed E-state index contributed by atoms with van der Waals surface area (Å²) in [6.45, 7) is 1.48. The van der Waals surface area contributed by atoms with E-state index in [-0.39, 0.29) is 11.6 Å². The van der Waals surface area contributed by atoms with Gasteiger partial charge >= 0.3 is 0 Å². The van der Waals surface area contributed by atoms with E-state index in [1.807, 2.05) is 0 Å². The van der Waals surface area contributed by atoms with Crippen LogP contribution in [0.5, 0.6) is 0 Å². The third-order valence-electron chi connectivity index (χ3n) is 2.30. The first-order chi connectivity index (χ1) is 7.66. The van der Waals surface area contributed by atoms with Crippen molar-refractivity contribution < 1.29 is 9.18 Å². The van der Waals surface area contributed by atoms with Crippen LogP contribution < -0.4 is 0 Å². The zero-order chi connectivity index (χ0) is 11.5. The number of nitrogens with zero attached hydrogens (tertiary/aromatic N) is 1. The molecule has 0 aliphatic heterocycles. The van der Waals surface area contributed by atoms with Gasteiger partial charge in [0.25, 0.3) is 0 Å². The van der Waals surface area contributed by atoms with Crippen molar-refractivity contribution in [3.63, 3.8) is 0 Å². The summed E-state index contributed by atoms with van der Waals surface area (Å²) in [5, 5.41) is 0. The molecule has 0 aliphatic carbocycles. The lowest BCUT2D eigenvalue weighted by atomic mass is 10.0. The smallest absolute Gasteiger partial charge is 0.161 e. The van der Waals surface area contributed by atoms with Gasteiger partial charge in [-0.15, -0.1) is 0 Å². The van der Waals surface area contributed by atoms with Crippen LogP contribution in [-0.2, 0) is 0 Å². The monoisotopic (exact) mass is 215 g/mol. The third-order valence-corrected chi connectivity index (χ3v) is 2.30. The molecule has 0 atom stereocenters. The fourth-order valence-electron chi connectivity index (χ4n) is 1.46. The van der Waals surface area contributed by atoms with E-state index >= 15 is 0 Å². The highest BCUT2D eigenvalue weighted by Crippen LogP contribution is 2.20. The van der Waals surface area contributed by atoms with Crippen LogP contribution in [0.3, 0.4) is 0 Å². The lowest BCUT2D eigenvalue weighted by molar-refractivity contribution is 0.101. The van der Waals surface area contributed by atoms with Gasteiger partial charge in [-0.2, -0.15) is 0 Å². The maximum absolute atomic E-state index is 13.0. The predicted octanol–water partition coefficient (Wildman–Crippen LogP) is 3.09. The van der Waals surface area contributed by atoms with Gasteiger partial charge < -0.3 is 0 Å². The molecule has 0 radical (unpaired) electrons. The Kier molecular flexibility index (Phi) is 2.77. The van der Waals surface area contributed by atoms with Gasteiger partial charge in [-0.3, -0.25) is 9.78 Å². The molecule has 2 aromatic rings. The SMILES string of the molecule is CC(=O)c1cncc(-c2cccc(F)c2)c1. The van der Waals surface area contributed by atoms with Gasteiger partial charge in [0, 0.05) is 23.5 Å². The van der Waals surface area contributed by atoms with Crippen molar-refractivity contribution in [3.8, 4) is 11.1 Å². The molecular weight excluding hydrogens is 205 g/mol. The molecule has 1 heterocycles. The Morgan fingerprint density at radius 3 is 2.69 bits per heavy atom. The topological polar surface area (TPSA) is 30.0 Å². The van der Waals surface area contributed by atoms with Crippen molar-refractivity contribution in [2.75, 3.05) is 0 Å². The maximum atomic E-state index is 13.0. The number of benzene rings is 1. The summed E-state index contributed by atoms with van der Waals surface area (Å²) in [5.74, 6) is -0.350. The number of carbonyl (C=O) groups excluding carboxylic acids is 1. The Morgan fingerprint density at radius 2 is 2.00 bits per heavy atom. The third kappa shape index (κ3) is 2.14. The number of hydrogen-bond donors (Lipinski definition) is 0. The summed E-state index contributed by atoms with van der Waals surface area (Å²) in [5.41, 5.74) is 1.99. The fraction of sp³-hybridized carbons (Fsp3) is 0.0769. The number of halogens is 1. The second-order valence-electron chi connectivity index (χ2n) is 3.53. The van der Waals surface area contributed by atoms with Crippen LogP contribution in [0.15, 0.2) is 42.7 Å². The molecule has 0 N–H and O–H groups in total. The summed E-state index contributed by atoms with van der Waals surface area (Å²) in [7, 11) is 0. The van der Waals surface area contributed by atoms with Gasteiger partial charge in [-0.25, -0.2) is 4.39 Å². The summed E-state index contributed by atoms with van der Waals surface area (Å²) in [6, 6.07) is 7.92. The van der Waals surface area contributed by atoms with Crippen LogP contribution in [0.25, 0.3) is 11.1 Å². The maximum Gasteiger partial charge on any atom is 0.161 e. The summed E-state index contributed by atoms with van der Waals surface area (Å²) < 4.78 is 13.0. The van der Waals surface area contributed by atoms with E-state index in [9.17, 15) is 9.18 Å². The van der Waals surface area contributed by atoms with Gasteiger partial charge in [-0.1, -0.05) is 12.1 Å². The van der Waals surface area contributed by atoms with Crippen LogP contribution >= 0.6 is 0 Å². The lowest BCUT2D eigenvalue weighted by Gasteiger charge is -2.02. The molecule has 0 bridgehead atoms. The quantitative estimate of drug-likeness (QED) is 0.720. The average Bonchev–Trinajstić information content (AvgIpc) is 2.29. The van der Waals surface area contributed by atoms with E-state index in [0.717, 1.165) is 11.1 Å². The minimum Gasteiger partial charge on any atom is -0.294 e. The molecule has 3 heteroatoms. The van der Waals surface area contributed by atoms with Crippen LogP contribution in [0.4, 0.5) is 4.39 Å². The van der Waals surface area contributed by atoms with Crippen molar-refractivity contribution >= 4 is 5.78 Å². The van der Waals surface area contributed by atoms with E-state index in [2.05, 4.69) is 4.98 Å². The minimum absolute atomic E-state index is 0.0502. The number of pyridine rings is 1. The van der Waals surface area contributed by atoms with E-state index < -0.39 is 0 Å². The van der Waals surface area contributed by atoms with Crippen molar-refractivity contribution in [1.29, 1.82) is 0 Å². The second-order valence-corrected chi connectivity index (χ2v) is 3.53. The minimum atomic E-state index is -0.300. The Hall–Kier alpha value is -2.03. The van der Waals surface area contributed by atoms with Crippen LogP contribution in [0.1, 0.15) is 17.3 Å². The van der Waals surface area contributed by atoms with Gasteiger partial charge in [-0.05, 0) is 30.7 Å². The number of Topliss-reactive ketones (excluding diaryl/α,β-unsaturated/α-hetero) is 1. The second kappa shape index (κ2) is 4.23. The molecule has 16 heavy (non-hydrogen) atoms. The molecule has 0 aliphatic rings. The van der Waals surface area contributed by atoms with E-state index in [1.54, 1.807) is 24.4 Å². The number of hydrogen-bond acceptors (Lipinski definition) is 2. The first-order valence-corrected chi connectivity index (χ1v) is 4.89. The highest BCUT2D eigenvalue weighted by atomic mass is 19.1. The highest BCUT2D eigenvalue weighted by molar-refractivity contribution is 5.94. The van der Waals surface area contributed by atoms with Crippen molar-refractivity contribution in [2.24, 2.45) is 0 Å². The zero-order valence-corrected chi connectivity index (χ0v) is 8.77. The number of carbonyl (C=O) groups is 1. The number of rotatable bonds is 2. The Morgan fingerprint density at radius 1 is 1.19 bits per heavy atom. The average molecular weight is 215 g/mol. The molecule has 2 rings (SSSR count). The molecular formula is C13H10FNO. The van der Waals surface area contributed by atoms with Gasteiger partial charge in [0.15, 0.2) is 5.78 Å². The molecule has 0 amide bonds. The molecule has 1 aromatic carbocycles. The fourth-order valence-corrected chi connectivity index (χ4v) is 1.46. The van der Waals surface area contributed by atoms with Crippen molar-refractivity contribution in [3.05, 3.63) is 54.1 Å². The Balaban J connectivity index is 2.48. The van der Waals surface area contributed by atoms with Gasteiger partial charge in [0.2, 0.25) is 0 Å².